The Bertz CT molecular complexity index is 802. The highest BCUT2D eigenvalue weighted by molar-refractivity contribution is 6.28. The number of imidazole rings is 1. The molecule has 0 unspecified atom stereocenters. The van der Waals surface area contributed by atoms with Crippen molar-refractivity contribution in [3.8, 4) is 11.3 Å². The molecule has 0 aliphatic heterocycles. The van der Waals surface area contributed by atoms with Gasteiger partial charge in [-0.1, -0.05) is 0 Å². The summed E-state index contributed by atoms with van der Waals surface area (Å²) in [6, 6.07) is 0. The Morgan fingerprint density at radius 1 is 1.10 bits per heavy atom. The summed E-state index contributed by atoms with van der Waals surface area (Å²) in [4.78, 5) is 20.9. The Morgan fingerprint density at radius 3 is 2.38 bits per heavy atom. The van der Waals surface area contributed by atoms with Crippen molar-refractivity contribution in [2.45, 2.75) is 26.3 Å². The maximum absolute atomic E-state index is 6.06. The first-order valence-corrected chi connectivity index (χ1v) is 6.73. The minimum absolute atomic E-state index is 0.153. The van der Waals surface area contributed by atoms with Crippen molar-refractivity contribution >= 4 is 28.7 Å². The summed E-state index contributed by atoms with van der Waals surface area (Å²) in [7, 11) is 0. The third-order valence-corrected chi connectivity index (χ3v) is 3.21. The molecule has 0 atom stereocenters. The van der Waals surface area contributed by atoms with E-state index in [-0.39, 0.29) is 16.8 Å². The molecule has 21 heavy (non-hydrogen) atoms. The fraction of sp³-hybridized carbons (Fsp3) is 0.308. The Morgan fingerprint density at radius 2 is 1.76 bits per heavy atom. The van der Waals surface area contributed by atoms with E-state index in [2.05, 4.69) is 45.7 Å². The van der Waals surface area contributed by atoms with E-state index in [1.807, 2.05) is 4.57 Å². The number of aromatic nitrogens is 6. The summed E-state index contributed by atoms with van der Waals surface area (Å²) >= 11 is 6.06. The van der Waals surface area contributed by atoms with Crippen LogP contribution >= 0.6 is 11.6 Å². The number of nitrogens with two attached hydrogens (primary N) is 1. The van der Waals surface area contributed by atoms with Crippen molar-refractivity contribution in [1.82, 2.24) is 29.5 Å². The number of nitrogen functional groups attached to an aromatic ring is 1. The third kappa shape index (κ3) is 2.40. The van der Waals surface area contributed by atoms with Crippen molar-refractivity contribution in [2.24, 2.45) is 0 Å². The highest BCUT2D eigenvalue weighted by Gasteiger charge is 2.21. The summed E-state index contributed by atoms with van der Waals surface area (Å²) in [5.41, 5.74) is 7.96. The molecule has 2 N–H and O–H groups in total. The summed E-state index contributed by atoms with van der Waals surface area (Å²) < 4.78 is 1.96. The normalized spacial score (nSPS) is 12.0. The van der Waals surface area contributed by atoms with Crippen LogP contribution in [0, 0.1) is 0 Å². The fourth-order valence-corrected chi connectivity index (χ4v) is 2.19. The first-order valence-electron chi connectivity index (χ1n) is 6.35. The zero-order valence-electron chi connectivity index (χ0n) is 11.9. The lowest BCUT2D eigenvalue weighted by atomic mass is 10.1. The van der Waals surface area contributed by atoms with Gasteiger partial charge in [-0.15, -0.1) is 0 Å². The van der Waals surface area contributed by atoms with E-state index in [1.54, 1.807) is 18.7 Å². The largest absolute Gasteiger partial charge is 0.368 e. The lowest BCUT2D eigenvalue weighted by molar-refractivity contribution is 0.406. The molecule has 3 rings (SSSR count). The number of hydrogen-bond donors (Lipinski definition) is 1. The number of rotatable bonds is 1. The van der Waals surface area contributed by atoms with Crippen molar-refractivity contribution in [1.29, 1.82) is 0 Å². The molecule has 0 aromatic carbocycles. The van der Waals surface area contributed by atoms with E-state index in [0.29, 0.717) is 22.4 Å². The van der Waals surface area contributed by atoms with Gasteiger partial charge in [-0.25, -0.2) is 19.9 Å². The maximum Gasteiger partial charge on any atom is 0.225 e. The molecule has 0 aliphatic rings. The summed E-state index contributed by atoms with van der Waals surface area (Å²) in [6.45, 7) is 6.20. The van der Waals surface area contributed by atoms with E-state index >= 15 is 0 Å². The van der Waals surface area contributed by atoms with E-state index in [1.165, 1.54) is 0 Å². The summed E-state index contributed by atoms with van der Waals surface area (Å²) in [5.74, 6) is 0.204. The number of hydrogen-bond acceptors (Lipinski definition) is 6. The molecule has 0 bridgehead atoms. The van der Waals surface area contributed by atoms with Crippen LogP contribution in [0.15, 0.2) is 18.7 Å². The predicted molar refractivity (Wildman–Crippen MR) is 80.8 cm³/mol. The van der Waals surface area contributed by atoms with Crippen LogP contribution in [0.2, 0.25) is 5.28 Å². The van der Waals surface area contributed by atoms with Crippen LogP contribution in [0.1, 0.15) is 20.8 Å². The quantitative estimate of drug-likeness (QED) is 0.693. The van der Waals surface area contributed by atoms with Crippen LogP contribution in [0.4, 0.5) is 5.95 Å². The second kappa shape index (κ2) is 4.63. The van der Waals surface area contributed by atoms with Gasteiger partial charge >= 0.3 is 0 Å². The van der Waals surface area contributed by atoms with Crippen LogP contribution in [-0.4, -0.2) is 29.5 Å². The molecule has 0 radical (unpaired) electrons. The topological polar surface area (TPSA) is 95.4 Å². The molecule has 0 spiro atoms. The van der Waals surface area contributed by atoms with Crippen molar-refractivity contribution in [3.63, 3.8) is 0 Å². The van der Waals surface area contributed by atoms with E-state index in [4.69, 9.17) is 17.3 Å². The Balaban J connectivity index is 2.29. The second-order valence-electron chi connectivity index (χ2n) is 5.63. The van der Waals surface area contributed by atoms with Gasteiger partial charge in [0.15, 0.2) is 5.65 Å². The number of nitrogens with zero attached hydrogens (tertiary/aromatic N) is 6. The van der Waals surface area contributed by atoms with Crippen LogP contribution in [0.25, 0.3) is 22.4 Å². The minimum atomic E-state index is -0.165. The lowest BCUT2D eigenvalue weighted by Crippen LogP contribution is -2.21. The highest BCUT2D eigenvalue weighted by atomic mass is 35.5. The van der Waals surface area contributed by atoms with Gasteiger partial charge in [-0.05, 0) is 32.4 Å². The molecular formula is C13H14ClN7. The molecule has 7 nitrogen and oxygen atoms in total. The predicted octanol–water partition coefficient (Wildman–Crippen LogP) is 2.27. The van der Waals surface area contributed by atoms with E-state index in [0.717, 1.165) is 0 Å². The van der Waals surface area contributed by atoms with Gasteiger partial charge in [-0.3, -0.25) is 0 Å². The van der Waals surface area contributed by atoms with Crippen molar-refractivity contribution in [2.75, 3.05) is 5.73 Å². The molecule has 0 saturated heterocycles. The molecule has 0 saturated carbocycles. The SMILES string of the molecule is CC(C)(C)n1cnc2c(-c3cnc(N)nc3)nc(Cl)nc21. The average molecular weight is 304 g/mol. The molecule has 3 heterocycles. The number of anilines is 1. The van der Waals surface area contributed by atoms with Crippen LogP contribution < -0.4 is 5.73 Å². The van der Waals surface area contributed by atoms with Gasteiger partial charge in [0.1, 0.15) is 11.2 Å². The van der Waals surface area contributed by atoms with Gasteiger partial charge in [0.05, 0.1) is 6.33 Å². The third-order valence-electron chi connectivity index (χ3n) is 3.04. The van der Waals surface area contributed by atoms with Crippen LogP contribution in [-0.2, 0) is 5.54 Å². The zero-order valence-corrected chi connectivity index (χ0v) is 12.6. The Kier molecular flexibility index (Phi) is 3.02. The van der Waals surface area contributed by atoms with E-state index in [9.17, 15) is 0 Å². The van der Waals surface area contributed by atoms with Gasteiger partial charge in [0.25, 0.3) is 0 Å². The maximum atomic E-state index is 6.06. The Hall–Kier alpha value is -2.28. The highest BCUT2D eigenvalue weighted by Crippen LogP contribution is 2.28. The molecule has 8 heteroatoms. The van der Waals surface area contributed by atoms with E-state index < -0.39 is 0 Å². The fourth-order valence-electron chi connectivity index (χ4n) is 2.03. The molecule has 0 fully saturated rings. The van der Waals surface area contributed by atoms with Gasteiger partial charge < -0.3 is 10.3 Å². The van der Waals surface area contributed by atoms with Gasteiger partial charge in [0, 0.05) is 23.5 Å². The molecule has 0 amide bonds. The molecule has 0 aliphatic carbocycles. The zero-order chi connectivity index (χ0) is 15.2. The first kappa shape index (κ1) is 13.7. The summed E-state index contributed by atoms with van der Waals surface area (Å²) in [5, 5.41) is 0.153. The summed E-state index contributed by atoms with van der Waals surface area (Å²) in [6.07, 6.45) is 4.92. The van der Waals surface area contributed by atoms with Crippen molar-refractivity contribution < 1.29 is 0 Å². The standard InChI is InChI=1S/C13H14ClN7/c1-13(2,3)21-6-18-9-8(19-11(14)20-10(9)21)7-4-16-12(15)17-5-7/h4-6H,1-3H3,(H2,15,16,17). The number of fused-ring (bicyclic) bond motifs is 1. The monoisotopic (exact) mass is 303 g/mol. The average Bonchev–Trinajstić information content (AvgIpc) is 2.82. The molecule has 108 valence electrons. The smallest absolute Gasteiger partial charge is 0.225 e. The van der Waals surface area contributed by atoms with Crippen LogP contribution in [0.5, 0.6) is 0 Å². The van der Waals surface area contributed by atoms with Crippen LogP contribution in [0.3, 0.4) is 0 Å². The molecule has 3 aromatic heterocycles. The second-order valence-corrected chi connectivity index (χ2v) is 5.97. The van der Waals surface area contributed by atoms with Gasteiger partial charge in [0.2, 0.25) is 11.2 Å². The molecule has 3 aromatic rings. The number of halogens is 1. The van der Waals surface area contributed by atoms with Crippen molar-refractivity contribution in [3.05, 3.63) is 24.0 Å². The Labute approximate surface area is 126 Å². The first-order chi connectivity index (χ1) is 9.86. The molecular weight excluding hydrogens is 290 g/mol. The van der Waals surface area contributed by atoms with Gasteiger partial charge in [-0.2, -0.15) is 4.98 Å². The minimum Gasteiger partial charge on any atom is -0.368 e. The lowest BCUT2D eigenvalue weighted by Gasteiger charge is -2.20.